The molecular formula is C16H20BrNO3. The molecule has 114 valence electrons. The summed E-state index contributed by atoms with van der Waals surface area (Å²) >= 11 is 3.40. The van der Waals surface area contributed by atoms with Gasteiger partial charge in [-0.3, -0.25) is 9.59 Å². The Labute approximate surface area is 133 Å². The molecule has 0 spiro atoms. The van der Waals surface area contributed by atoms with E-state index >= 15 is 0 Å². The van der Waals surface area contributed by atoms with Crippen molar-refractivity contribution in [3.05, 3.63) is 34.3 Å². The monoisotopic (exact) mass is 353 g/mol. The smallest absolute Gasteiger partial charge is 0.311 e. The second-order valence-electron chi connectivity index (χ2n) is 5.70. The number of aliphatic carboxylic acids is 1. The Morgan fingerprint density at radius 1 is 1.29 bits per heavy atom. The van der Waals surface area contributed by atoms with Crippen LogP contribution in [-0.4, -0.2) is 23.5 Å². The fourth-order valence-corrected chi connectivity index (χ4v) is 3.27. The van der Waals surface area contributed by atoms with E-state index in [0.29, 0.717) is 25.7 Å². The third kappa shape index (κ3) is 4.30. The van der Waals surface area contributed by atoms with E-state index in [4.69, 9.17) is 0 Å². The maximum Gasteiger partial charge on any atom is 0.311 e. The molecule has 1 aliphatic carbocycles. The first-order valence-corrected chi connectivity index (χ1v) is 8.06. The van der Waals surface area contributed by atoms with Crippen molar-refractivity contribution in [1.82, 2.24) is 5.32 Å². The Hall–Kier alpha value is -1.36. The molecule has 2 N–H and O–H groups in total. The fraction of sp³-hybridized carbons (Fsp3) is 0.500. The molecular weight excluding hydrogens is 334 g/mol. The number of amides is 1. The minimum Gasteiger partial charge on any atom is -0.481 e. The number of hydrogen-bond acceptors (Lipinski definition) is 2. The van der Waals surface area contributed by atoms with Gasteiger partial charge < -0.3 is 10.4 Å². The van der Waals surface area contributed by atoms with Crippen molar-refractivity contribution in [3.8, 4) is 0 Å². The lowest BCUT2D eigenvalue weighted by Gasteiger charge is -2.23. The molecule has 1 fully saturated rings. The van der Waals surface area contributed by atoms with Gasteiger partial charge in [-0.15, -0.1) is 0 Å². The average Bonchev–Trinajstić information content (AvgIpc) is 2.93. The van der Waals surface area contributed by atoms with Gasteiger partial charge in [0.05, 0.1) is 5.41 Å². The molecule has 2 rings (SSSR count). The first-order chi connectivity index (χ1) is 10.0. The van der Waals surface area contributed by atoms with Crippen LogP contribution in [0.2, 0.25) is 0 Å². The molecule has 0 aliphatic heterocycles. The molecule has 21 heavy (non-hydrogen) atoms. The molecule has 0 radical (unpaired) electrons. The molecule has 0 bridgehead atoms. The van der Waals surface area contributed by atoms with Crippen LogP contribution in [0.5, 0.6) is 0 Å². The van der Waals surface area contributed by atoms with Crippen LogP contribution >= 0.6 is 15.9 Å². The highest BCUT2D eigenvalue weighted by molar-refractivity contribution is 9.10. The molecule has 1 saturated carbocycles. The number of carboxylic acids is 1. The van der Waals surface area contributed by atoms with E-state index in [-0.39, 0.29) is 12.5 Å². The van der Waals surface area contributed by atoms with Crippen LogP contribution < -0.4 is 5.32 Å². The van der Waals surface area contributed by atoms with Gasteiger partial charge in [-0.2, -0.15) is 0 Å². The summed E-state index contributed by atoms with van der Waals surface area (Å²) in [5.41, 5.74) is 0.346. The number of halogens is 1. The van der Waals surface area contributed by atoms with E-state index in [9.17, 15) is 14.7 Å². The predicted molar refractivity (Wildman–Crippen MR) is 84.0 cm³/mol. The SMILES string of the molecule is O=C(CCc1cccc(Br)c1)NCC1(C(=O)O)CCCC1. The van der Waals surface area contributed by atoms with Gasteiger partial charge in [-0.05, 0) is 37.0 Å². The number of carbonyl (C=O) groups excluding carboxylic acids is 1. The summed E-state index contributed by atoms with van der Waals surface area (Å²) in [7, 11) is 0. The molecule has 0 saturated heterocycles. The second kappa shape index (κ2) is 7.07. The van der Waals surface area contributed by atoms with Crippen LogP contribution in [0.25, 0.3) is 0 Å². The van der Waals surface area contributed by atoms with Crippen molar-refractivity contribution in [3.63, 3.8) is 0 Å². The quantitative estimate of drug-likeness (QED) is 0.825. The lowest BCUT2D eigenvalue weighted by atomic mass is 9.86. The van der Waals surface area contributed by atoms with Crippen molar-refractivity contribution in [2.24, 2.45) is 5.41 Å². The van der Waals surface area contributed by atoms with Gasteiger partial charge in [0.15, 0.2) is 0 Å². The number of hydrogen-bond donors (Lipinski definition) is 2. The fourth-order valence-electron chi connectivity index (χ4n) is 2.82. The highest BCUT2D eigenvalue weighted by Crippen LogP contribution is 2.37. The van der Waals surface area contributed by atoms with Gasteiger partial charge in [0, 0.05) is 17.4 Å². The summed E-state index contributed by atoms with van der Waals surface area (Å²) in [6.07, 6.45) is 4.22. The zero-order chi connectivity index (χ0) is 15.3. The van der Waals surface area contributed by atoms with Gasteiger partial charge in [0.2, 0.25) is 5.91 Å². The van der Waals surface area contributed by atoms with Gasteiger partial charge in [-0.1, -0.05) is 40.9 Å². The molecule has 0 aromatic heterocycles. The maximum absolute atomic E-state index is 11.9. The molecule has 4 nitrogen and oxygen atoms in total. The summed E-state index contributed by atoms with van der Waals surface area (Å²) in [6, 6.07) is 7.85. The second-order valence-corrected chi connectivity index (χ2v) is 6.61. The average molecular weight is 354 g/mol. The Morgan fingerprint density at radius 3 is 2.62 bits per heavy atom. The van der Waals surface area contributed by atoms with Crippen LogP contribution in [-0.2, 0) is 16.0 Å². The summed E-state index contributed by atoms with van der Waals surface area (Å²) in [5.74, 6) is -0.866. The topological polar surface area (TPSA) is 66.4 Å². The summed E-state index contributed by atoms with van der Waals surface area (Å²) in [5, 5.41) is 12.2. The van der Waals surface area contributed by atoms with Crippen LogP contribution in [0.15, 0.2) is 28.7 Å². The van der Waals surface area contributed by atoms with E-state index in [1.54, 1.807) is 0 Å². The van der Waals surface area contributed by atoms with Crippen LogP contribution in [0.3, 0.4) is 0 Å². The number of carbonyl (C=O) groups is 2. The van der Waals surface area contributed by atoms with Crippen molar-refractivity contribution in [1.29, 1.82) is 0 Å². The van der Waals surface area contributed by atoms with Crippen molar-refractivity contribution >= 4 is 27.8 Å². The molecule has 5 heteroatoms. The van der Waals surface area contributed by atoms with Gasteiger partial charge in [0.1, 0.15) is 0 Å². The van der Waals surface area contributed by atoms with Crippen LogP contribution in [0.1, 0.15) is 37.7 Å². The molecule has 0 heterocycles. The lowest BCUT2D eigenvalue weighted by Crippen LogP contribution is -2.41. The molecule has 1 aliphatic rings. The van der Waals surface area contributed by atoms with Crippen LogP contribution in [0, 0.1) is 5.41 Å². The van der Waals surface area contributed by atoms with Gasteiger partial charge >= 0.3 is 5.97 Å². The normalized spacial score (nSPS) is 16.6. The Balaban J connectivity index is 1.81. The third-order valence-electron chi connectivity index (χ3n) is 4.17. The third-order valence-corrected chi connectivity index (χ3v) is 4.66. The first kappa shape index (κ1) is 16.0. The Kier molecular flexibility index (Phi) is 5.39. The van der Waals surface area contributed by atoms with Crippen molar-refractivity contribution in [2.45, 2.75) is 38.5 Å². The maximum atomic E-state index is 11.9. The predicted octanol–water partition coefficient (Wildman–Crippen LogP) is 3.14. The van der Waals surface area contributed by atoms with E-state index in [2.05, 4.69) is 21.2 Å². The van der Waals surface area contributed by atoms with Crippen molar-refractivity contribution < 1.29 is 14.7 Å². The highest BCUT2D eigenvalue weighted by atomic mass is 79.9. The number of nitrogens with one attached hydrogen (secondary N) is 1. The largest absolute Gasteiger partial charge is 0.481 e. The summed E-state index contributed by atoms with van der Waals surface area (Å²) in [4.78, 5) is 23.3. The van der Waals surface area contributed by atoms with E-state index in [1.807, 2.05) is 24.3 Å². The van der Waals surface area contributed by atoms with Crippen molar-refractivity contribution in [2.75, 3.05) is 6.54 Å². The Bertz CT molecular complexity index is 524. The van der Waals surface area contributed by atoms with Gasteiger partial charge in [0.25, 0.3) is 0 Å². The summed E-state index contributed by atoms with van der Waals surface area (Å²) < 4.78 is 0.996. The zero-order valence-corrected chi connectivity index (χ0v) is 13.5. The van der Waals surface area contributed by atoms with E-state index < -0.39 is 11.4 Å². The van der Waals surface area contributed by atoms with E-state index in [1.165, 1.54) is 0 Å². The summed E-state index contributed by atoms with van der Waals surface area (Å²) in [6.45, 7) is 0.250. The number of rotatable bonds is 6. The van der Waals surface area contributed by atoms with Crippen LogP contribution in [0.4, 0.5) is 0 Å². The van der Waals surface area contributed by atoms with E-state index in [0.717, 1.165) is 22.9 Å². The molecule has 1 aromatic rings. The first-order valence-electron chi connectivity index (χ1n) is 7.26. The molecule has 0 unspecified atom stereocenters. The Morgan fingerprint density at radius 2 is 2.00 bits per heavy atom. The molecule has 1 amide bonds. The zero-order valence-electron chi connectivity index (χ0n) is 11.9. The highest BCUT2D eigenvalue weighted by Gasteiger charge is 2.41. The number of benzene rings is 1. The minimum atomic E-state index is -0.785. The lowest BCUT2D eigenvalue weighted by molar-refractivity contribution is -0.148. The molecule has 1 aromatic carbocycles. The molecule has 0 atom stereocenters. The minimum absolute atomic E-state index is 0.0810. The number of aryl methyl sites for hydroxylation is 1. The standard InChI is InChI=1S/C16H20BrNO3/c17-13-5-3-4-12(10-13)6-7-14(19)18-11-16(15(20)21)8-1-2-9-16/h3-5,10H,1-2,6-9,11H2,(H,18,19)(H,20,21). The number of carboxylic acid groups (broad SMARTS) is 1. The van der Waals surface area contributed by atoms with Gasteiger partial charge in [-0.25, -0.2) is 0 Å².